The Morgan fingerprint density at radius 2 is 1.35 bits per heavy atom. The second-order valence-corrected chi connectivity index (χ2v) is 7.09. The first-order valence-electron chi connectivity index (χ1n) is 10.5. The van der Waals surface area contributed by atoms with Crippen molar-refractivity contribution in [2.75, 3.05) is 0 Å². The predicted octanol–water partition coefficient (Wildman–Crippen LogP) is 5.12. The van der Waals surface area contributed by atoms with Crippen molar-refractivity contribution in [3.05, 3.63) is 12.2 Å². The highest BCUT2D eigenvalue weighted by molar-refractivity contribution is 5.77. The summed E-state index contributed by atoms with van der Waals surface area (Å²) in [6.07, 6.45) is 21.1. The van der Waals surface area contributed by atoms with Gasteiger partial charge in [0.15, 0.2) is 0 Å². The Kier molecular flexibility index (Phi) is 17.5. The molecule has 5 heteroatoms. The van der Waals surface area contributed by atoms with Crippen LogP contribution in [-0.2, 0) is 9.59 Å². The van der Waals surface area contributed by atoms with Crippen molar-refractivity contribution in [2.45, 2.75) is 110 Å². The van der Waals surface area contributed by atoms with Crippen LogP contribution in [0.25, 0.3) is 0 Å². The third-order valence-corrected chi connectivity index (χ3v) is 4.46. The summed E-state index contributed by atoms with van der Waals surface area (Å²) in [5.74, 6) is -1.12. The van der Waals surface area contributed by atoms with Crippen molar-refractivity contribution in [1.82, 2.24) is 10.9 Å². The van der Waals surface area contributed by atoms with Crippen LogP contribution < -0.4 is 10.9 Å². The zero-order valence-electron chi connectivity index (χ0n) is 16.9. The van der Waals surface area contributed by atoms with Gasteiger partial charge < -0.3 is 5.11 Å². The first kappa shape index (κ1) is 24.6. The molecule has 0 aliphatic heterocycles. The summed E-state index contributed by atoms with van der Waals surface area (Å²) >= 11 is 0. The van der Waals surface area contributed by atoms with Crippen LogP contribution in [0.4, 0.5) is 0 Å². The van der Waals surface area contributed by atoms with Gasteiger partial charge in [0.2, 0.25) is 5.91 Å². The molecule has 0 heterocycles. The fourth-order valence-corrected chi connectivity index (χ4v) is 2.67. The molecule has 5 nitrogen and oxygen atoms in total. The number of nitrogens with one attached hydrogen (secondary N) is 2. The van der Waals surface area contributed by atoms with Gasteiger partial charge in [-0.15, -0.1) is 0 Å². The molecule has 0 aromatic carbocycles. The predicted molar refractivity (Wildman–Crippen MR) is 108 cm³/mol. The fraction of sp³-hybridized carbons (Fsp3) is 0.810. The SMILES string of the molecule is CCCCCCCC/C=C\CCCCCCCC(=O)NN[C@@H](C)C(=O)O. The molecule has 26 heavy (non-hydrogen) atoms. The summed E-state index contributed by atoms with van der Waals surface area (Å²) in [5.41, 5.74) is 4.91. The van der Waals surface area contributed by atoms with Crippen molar-refractivity contribution in [3.63, 3.8) is 0 Å². The van der Waals surface area contributed by atoms with Gasteiger partial charge in [0.1, 0.15) is 6.04 Å². The van der Waals surface area contributed by atoms with Crippen molar-refractivity contribution < 1.29 is 14.7 Å². The number of hydrogen-bond acceptors (Lipinski definition) is 3. The van der Waals surface area contributed by atoms with Crippen molar-refractivity contribution >= 4 is 11.9 Å². The highest BCUT2D eigenvalue weighted by Gasteiger charge is 2.10. The van der Waals surface area contributed by atoms with Gasteiger partial charge in [-0.05, 0) is 39.0 Å². The molecule has 0 saturated heterocycles. The molecule has 0 aromatic heterocycles. The lowest BCUT2D eigenvalue weighted by Gasteiger charge is -2.10. The Bertz CT molecular complexity index is 383. The van der Waals surface area contributed by atoms with E-state index in [0.717, 1.165) is 25.7 Å². The highest BCUT2D eigenvalue weighted by atomic mass is 16.4. The van der Waals surface area contributed by atoms with Crippen LogP contribution in [0.15, 0.2) is 12.2 Å². The van der Waals surface area contributed by atoms with Crippen LogP contribution in [0.1, 0.15) is 104 Å². The van der Waals surface area contributed by atoms with Crippen molar-refractivity contribution in [1.29, 1.82) is 0 Å². The Morgan fingerprint density at radius 3 is 1.88 bits per heavy atom. The number of unbranched alkanes of at least 4 members (excludes halogenated alkanes) is 11. The molecule has 1 amide bonds. The number of hydrogen-bond donors (Lipinski definition) is 3. The molecule has 0 aromatic rings. The summed E-state index contributed by atoms with van der Waals surface area (Å²) in [7, 11) is 0. The molecule has 0 bridgehead atoms. The number of aliphatic carboxylic acids is 1. The molecule has 0 aliphatic carbocycles. The smallest absolute Gasteiger partial charge is 0.322 e. The first-order valence-corrected chi connectivity index (χ1v) is 10.5. The van der Waals surface area contributed by atoms with Gasteiger partial charge in [-0.25, -0.2) is 5.43 Å². The van der Waals surface area contributed by atoms with Crippen LogP contribution in [0.2, 0.25) is 0 Å². The average Bonchev–Trinajstić information content (AvgIpc) is 2.62. The molecule has 0 saturated carbocycles. The highest BCUT2D eigenvalue weighted by Crippen LogP contribution is 2.09. The lowest BCUT2D eigenvalue weighted by molar-refractivity contribution is -0.139. The van der Waals surface area contributed by atoms with Gasteiger partial charge in [-0.1, -0.05) is 70.4 Å². The zero-order valence-corrected chi connectivity index (χ0v) is 16.9. The quantitative estimate of drug-likeness (QED) is 0.178. The van der Waals surface area contributed by atoms with E-state index in [2.05, 4.69) is 29.9 Å². The summed E-state index contributed by atoms with van der Waals surface area (Å²) in [5, 5.41) is 8.69. The lowest BCUT2D eigenvalue weighted by Crippen LogP contribution is -2.46. The Balaban J connectivity index is 3.29. The number of amides is 1. The summed E-state index contributed by atoms with van der Waals surface area (Å²) < 4.78 is 0. The number of allylic oxidation sites excluding steroid dienone is 2. The summed E-state index contributed by atoms with van der Waals surface area (Å²) in [6, 6.07) is -0.770. The number of carbonyl (C=O) groups is 2. The van der Waals surface area contributed by atoms with Crippen LogP contribution in [-0.4, -0.2) is 23.0 Å². The number of carboxylic acids is 1. The van der Waals surface area contributed by atoms with Crippen LogP contribution in [0.5, 0.6) is 0 Å². The average molecular weight is 369 g/mol. The van der Waals surface area contributed by atoms with Gasteiger partial charge >= 0.3 is 5.97 Å². The van der Waals surface area contributed by atoms with E-state index in [4.69, 9.17) is 5.11 Å². The van der Waals surface area contributed by atoms with E-state index in [1.54, 1.807) is 0 Å². The summed E-state index contributed by atoms with van der Waals surface area (Å²) in [4.78, 5) is 22.1. The molecular weight excluding hydrogens is 328 g/mol. The van der Waals surface area contributed by atoms with Crippen molar-refractivity contribution in [3.8, 4) is 0 Å². The lowest BCUT2D eigenvalue weighted by atomic mass is 10.1. The van der Waals surface area contributed by atoms with Crippen LogP contribution >= 0.6 is 0 Å². The van der Waals surface area contributed by atoms with Gasteiger partial charge in [-0.3, -0.25) is 15.0 Å². The molecule has 0 radical (unpaired) electrons. The standard InChI is InChI=1S/C21H40N2O3/c1-3-4-5-6-7-8-9-10-11-12-13-14-15-16-17-18-20(24)23-22-19(2)21(25)26/h10-11,19,22H,3-9,12-18H2,1-2H3,(H,23,24)(H,25,26)/b11-10-/t19-/m0/s1. The number of carbonyl (C=O) groups excluding carboxylic acids is 1. The maximum atomic E-state index is 11.5. The van der Waals surface area contributed by atoms with Gasteiger partial charge in [-0.2, -0.15) is 0 Å². The second kappa shape index (κ2) is 18.4. The molecule has 3 N–H and O–H groups in total. The minimum Gasteiger partial charge on any atom is -0.480 e. The molecule has 152 valence electrons. The van der Waals surface area contributed by atoms with E-state index in [0.29, 0.717) is 6.42 Å². The van der Waals surface area contributed by atoms with E-state index >= 15 is 0 Å². The third kappa shape index (κ3) is 17.5. The number of carboxylic acid groups (broad SMARTS) is 1. The maximum Gasteiger partial charge on any atom is 0.322 e. The molecule has 0 rings (SSSR count). The van der Waals surface area contributed by atoms with Crippen LogP contribution in [0, 0.1) is 0 Å². The Morgan fingerprint density at radius 1 is 0.846 bits per heavy atom. The molecule has 1 atom stereocenters. The van der Waals surface area contributed by atoms with Crippen LogP contribution in [0.3, 0.4) is 0 Å². The summed E-state index contributed by atoms with van der Waals surface area (Å²) in [6.45, 7) is 3.74. The second-order valence-electron chi connectivity index (χ2n) is 7.09. The van der Waals surface area contributed by atoms with Gasteiger partial charge in [0, 0.05) is 6.42 Å². The first-order chi connectivity index (χ1) is 12.6. The number of rotatable bonds is 18. The molecular formula is C21H40N2O3. The van der Waals surface area contributed by atoms with E-state index in [1.165, 1.54) is 64.7 Å². The molecule has 0 unspecified atom stereocenters. The maximum absolute atomic E-state index is 11.5. The third-order valence-electron chi connectivity index (χ3n) is 4.46. The Labute approximate surface area is 160 Å². The molecule has 0 spiro atoms. The van der Waals surface area contributed by atoms with Crippen molar-refractivity contribution in [2.24, 2.45) is 0 Å². The Hall–Kier alpha value is -1.36. The zero-order chi connectivity index (χ0) is 19.5. The monoisotopic (exact) mass is 368 g/mol. The topological polar surface area (TPSA) is 78.4 Å². The minimum absolute atomic E-state index is 0.143. The van der Waals surface area contributed by atoms with Gasteiger partial charge in [0.25, 0.3) is 0 Å². The van der Waals surface area contributed by atoms with E-state index < -0.39 is 12.0 Å². The van der Waals surface area contributed by atoms with E-state index in [-0.39, 0.29) is 5.91 Å². The minimum atomic E-state index is -0.980. The molecule has 0 aliphatic rings. The van der Waals surface area contributed by atoms with Gasteiger partial charge in [0.05, 0.1) is 0 Å². The van der Waals surface area contributed by atoms with E-state index in [1.807, 2.05) is 0 Å². The molecule has 0 fully saturated rings. The number of hydrazine groups is 1. The van der Waals surface area contributed by atoms with E-state index in [9.17, 15) is 9.59 Å². The normalized spacial score (nSPS) is 12.4. The fourth-order valence-electron chi connectivity index (χ4n) is 2.67. The largest absolute Gasteiger partial charge is 0.480 e.